The van der Waals surface area contributed by atoms with E-state index in [-0.39, 0.29) is 22.3 Å². The Balaban J connectivity index is 2.78. The minimum Gasteiger partial charge on any atom is -0.505 e. The van der Waals surface area contributed by atoms with Crippen molar-refractivity contribution in [3.05, 3.63) is 46.5 Å². The van der Waals surface area contributed by atoms with Crippen molar-refractivity contribution in [2.24, 2.45) is 0 Å². The average Bonchev–Trinajstić information content (AvgIpc) is 2.59. The summed E-state index contributed by atoms with van der Waals surface area (Å²) in [7, 11) is 1.66. The number of phenols is 2. The molecule has 0 atom stereocenters. The van der Waals surface area contributed by atoms with Crippen molar-refractivity contribution in [3.63, 3.8) is 0 Å². The molecule has 2 rings (SSSR count). The summed E-state index contributed by atoms with van der Waals surface area (Å²) in [6, 6.07) is 8.11. The summed E-state index contributed by atoms with van der Waals surface area (Å²) in [5, 5.41) is 21.9. The van der Waals surface area contributed by atoms with Crippen LogP contribution in [0.25, 0.3) is 0 Å². The smallest absolute Gasteiger partial charge is 0.142 e. The lowest BCUT2D eigenvalue weighted by atomic mass is 9.84. The normalized spacial score (nSPS) is 12.3. The fourth-order valence-corrected chi connectivity index (χ4v) is 3.35. The van der Waals surface area contributed by atoms with Gasteiger partial charge in [0.25, 0.3) is 0 Å². The topological polar surface area (TPSA) is 52.9 Å². The predicted molar refractivity (Wildman–Crippen MR) is 122 cm³/mol. The maximum absolute atomic E-state index is 10.9. The first-order valence-corrected chi connectivity index (χ1v) is 10.2. The first-order chi connectivity index (χ1) is 13.3. The van der Waals surface area contributed by atoms with Gasteiger partial charge in [-0.25, -0.2) is 0 Å². The second-order valence-corrected chi connectivity index (χ2v) is 9.97. The highest BCUT2D eigenvalue weighted by molar-refractivity contribution is 5.76. The number of hydrogen-bond acceptors (Lipinski definition) is 4. The molecule has 0 bridgehead atoms. The van der Waals surface area contributed by atoms with Crippen LogP contribution >= 0.6 is 0 Å². The molecule has 0 heterocycles. The first-order valence-electron chi connectivity index (χ1n) is 10.2. The van der Waals surface area contributed by atoms with E-state index < -0.39 is 0 Å². The largest absolute Gasteiger partial charge is 0.505 e. The lowest BCUT2D eigenvalue weighted by Crippen LogP contribution is -2.24. The van der Waals surface area contributed by atoms with Crippen molar-refractivity contribution >= 4 is 11.4 Å². The number of ether oxygens (including phenoxy) is 1. The molecule has 4 heteroatoms. The molecule has 0 aliphatic carbocycles. The molecule has 0 spiro atoms. The van der Waals surface area contributed by atoms with Gasteiger partial charge in [-0.1, -0.05) is 53.7 Å². The van der Waals surface area contributed by atoms with E-state index >= 15 is 0 Å². The summed E-state index contributed by atoms with van der Waals surface area (Å²) >= 11 is 0. The molecule has 0 amide bonds. The third-order valence-electron chi connectivity index (χ3n) is 5.39. The van der Waals surface area contributed by atoms with Crippen LogP contribution in [0.1, 0.15) is 63.8 Å². The van der Waals surface area contributed by atoms with Gasteiger partial charge in [-0.2, -0.15) is 0 Å². The Morgan fingerprint density at radius 3 is 1.45 bits per heavy atom. The van der Waals surface area contributed by atoms with Gasteiger partial charge >= 0.3 is 0 Å². The van der Waals surface area contributed by atoms with E-state index in [0.29, 0.717) is 24.5 Å². The highest BCUT2D eigenvalue weighted by atomic mass is 16.5. The van der Waals surface area contributed by atoms with E-state index in [0.717, 1.165) is 22.3 Å². The third-order valence-corrected chi connectivity index (χ3v) is 5.39. The maximum atomic E-state index is 10.9. The molecule has 160 valence electrons. The van der Waals surface area contributed by atoms with Gasteiger partial charge in [-0.15, -0.1) is 0 Å². The summed E-state index contributed by atoms with van der Waals surface area (Å²) in [5.74, 6) is 0.458. The van der Waals surface area contributed by atoms with E-state index in [4.69, 9.17) is 4.74 Å². The monoisotopic (exact) mass is 399 g/mol. The van der Waals surface area contributed by atoms with E-state index in [1.54, 1.807) is 7.11 Å². The van der Waals surface area contributed by atoms with Crippen LogP contribution in [0.15, 0.2) is 24.3 Å². The quantitative estimate of drug-likeness (QED) is 0.638. The van der Waals surface area contributed by atoms with Crippen molar-refractivity contribution in [3.8, 4) is 11.5 Å². The van der Waals surface area contributed by atoms with Gasteiger partial charge in [-0.3, -0.25) is 0 Å². The Morgan fingerprint density at radius 1 is 0.759 bits per heavy atom. The van der Waals surface area contributed by atoms with Crippen molar-refractivity contribution in [1.29, 1.82) is 0 Å². The number of phenolic OH excluding ortho intramolecular Hbond substituents is 2. The molecule has 2 aromatic rings. The molecule has 29 heavy (non-hydrogen) atoms. The van der Waals surface area contributed by atoms with Crippen LogP contribution in [0, 0.1) is 13.8 Å². The van der Waals surface area contributed by atoms with Crippen LogP contribution in [-0.4, -0.2) is 30.5 Å². The van der Waals surface area contributed by atoms with Crippen LogP contribution in [0.3, 0.4) is 0 Å². The maximum Gasteiger partial charge on any atom is 0.142 e. The molecule has 0 aliphatic heterocycles. The molecular weight excluding hydrogens is 362 g/mol. The van der Waals surface area contributed by atoms with Gasteiger partial charge in [0.15, 0.2) is 0 Å². The summed E-state index contributed by atoms with van der Waals surface area (Å²) < 4.78 is 5.35. The van der Waals surface area contributed by atoms with Gasteiger partial charge in [0.05, 0.1) is 18.0 Å². The average molecular weight is 400 g/mol. The van der Waals surface area contributed by atoms with Gasteiger partial charge in [0.2, 0.25) is 0 Å². The second kappa shape index (κ2) is 8.27. The summed E-state index contributed by atoms with van der Waals surface area (Å²) in [5.41, 5.74) is 5.15. The number of rotatable bonds is 5. The number of anilines is 2. The van der Waals surface area contributed by atoms with Crippen LogP contribution in [-0.2, 0) is 15.6 Å². The SMILES string of the molecule is COCCN(c1cc(C(C)(C)C)cc(C)c1O)c1cc(C(C)(C)C)cc(C)c1O. The molecule has 4 nitrogen and oxygen atoms in total. The standard InChI is InChI=1S/C25H37NO3/c1-16-12-18(24(3,4)5)14-20(22(16)27)26(10-11-29-9)21-15-19(25(6,7)8)13-17(2)23(21)28/h12-15,27-28H,10-11H2,1-9H3. The van der Waals surface area contributed by atoms with Crippen molar-refractivity contribution < 1.29 is 14.9 Å². The molecule has 2 aromatic carbocycles. The molecule has 2 N–H and O–H groups in total. The molecule has 0 saturated heterocycles. The van der Waals surface area contributed by atoms with Crippen molar-refractivity contribution in [1.82, 2.24) is 0 Å². The molecule has 0 saturated carbocycles. The molecule has 0 aromatic heterocycles. The Bertz CT molecular complexity index is 804. The van der Waals surface area contributed by atoms with E-state index in [1.807, 2.05) is 43.0 Å². The summed E-state index contributed by atoms with van der Waals surface area (Å²) in [6.07, 6.45) is 0. The third kappa shape index (κ3) is 5.05. The lowest BCUT2D eigenvalue weighted by molar-refractivity contribution is 0.207. The number of nitrogens with zero attached hydrogens (tertiary/aromatic N) is 1. The van der Waals surface area contributed by atoms with Gasteiger partial charge in [-0.05, 0) is 59.1 Å². The van der Waals surface area contributed by atoms with Gasteiger partial charge in [0, 0.05) is 13.7 Å². The lowest BCUT2D eigenvalue weighted by Gasteiger charge is -2.31. The summed E-state index contributed by atoms with van der Waals surface area (Å²) in [6.45, 7) is 17.8. The Hall–Kier alpha value is -2.20. The summed E-state index contributed by atoms with van der Waals surface area (Å²) in [4.78, 5) is 1.97. The van der Waals surface area contributed by atoms with E-state index in [1.165, 1.54) is 0 Å². The van der Waals surface area contributed by atoms with Crippen molar-refractivity contribution in [2.45, 2.75) is 66.2 Å². The number of benzene rings is 2. The first kappa shape index (κ1) is 23.1. The molecule has 0 fully saturated rings. The van der Waals surface area contributed by atoms with E-state index in [9.17, 15) is 10.2 Å². The Labute approximate surface area is 176 Å². The van der Waals surface area contributed by atoms with Gasteiger partial charge < -0.3 is 19.8 Å². The minimum absolute atomic E-state index is 0.0641. The zero-order valence-corrected chi connectivity index (χ0v) is 19.5. The van der Waals surface area contributed by atoms with Crippen molar-refractivity contribution in [2.75, 3.05) is 25.2 Å². The number of aromatic hydroxyl groups is 2. The van der Waals surface area contributed by atoms with E-state index in [2.05, 4.69) is 41.5 Å². The molecule has 0 aliphatic rings. The number of methoxy groups -OCH3 is 1. The highest BCUT2D eigenvalue weighted by Gasteiger charge is 2.25. The van der Waals surface area contributed by atoms with Crippen LogP contribution in [0.4, 0.5) is 11.4 Å². The fraction of sp³-hybridized carbons (Fsp3) is 0.520. The zero-order chi connectivity index (χ0) is 22.1. The molecule has 0 radical (unpaired) electrons. The predicted octanol–water partition coefficient (Wildman–Crippen LogP) is 6.09. The second-order valence-electron chi connectivity index (χ2n) is 9.97. The number of hydrogen-bond donors (Lipinski definition) is 2. The van der Waals surface area contributed by atoms with Crippen LogP contribution in [0.5, 0.6) is 11.5 Å². The fourth-order valence-electron chi connectivity index (χ4n) is 3.35. The Morgan fingerprint density at radius 2 is 1.14 bits per heavy atom. The Kier molecular flexibility index (Phi) is 6.58. The molecule has 0 unspecified atom stereocenters. The highest BCUT2D eigenvalue weighted by Crippen LogP contribution is 2.44. The van der Waals surface area contributed by atoms with Crippen LogP contribution in [0.2, 0.25) is 0 Å². The van der Waals surface area contributed by atoms with Crippen LogP contribution < -0.4 is 4.90 Å². The molecular formula is C25H37NO3. The zero-order valence-electron chi connectivity index (χ0n) is 19.5. The minimum atomic E-state index is -0.0641. The van der Waals surface area contributed by atoms with Gasteiger partial charge in [0.1, 0.15) is 11.5 Å². The number of aryl methyl sites for hydroxylation is 2.